The molecule has 14 N–H and O–H groups in total. The number of benzene rings is 3. The Hall–Kier alpha value is -6.47. The van der Waals surface area contributed by atoms with Crippen LogP contribution in [0.1, 0.15) is 28.8 Å². The molecule has 3 aromatic carbocycles. The third kappa shape index (κ3) is 10.0. The van der Waals surface area contributed by atoms with E-state index in [4.69, 9.17) is 38.3 Å². The number of urea groups is 3. The number of hydrogen-bond acceptors (Lipinski definition) is 10. The molecule has 0 fully saturated rings. The number of amides is 6. The number of aliphatic carboxylic acids is 3. The van der Waals surface area contributed by atoms with Gasteiger partial charge in [-0.2, -0.15) is 0 Å². The lowest BCUT2D eigenvalue weighted by Gasteiger charge is -2.21. The fraction of sp³-hybridized carbons (Fsp3) is 0.172. The van der Waals surface area contributed by atoms with E-state index in [1.807, 2.05) is 10.6 Å². The highest BCUT2D eigenvalue weighted by molar-refractivity contribution is 6.32. The Kier molecular flexibility index (Phi) is 12.0. The normalized spacial score (nSPS) is 13.1. The first-order valence-corrected chi connectivity index (χ1v) is 14.0. The number of aliphatic hydroxyl groups is 1. The summed E-state index contributed by atoms with van der Waals surface area (Å²) in [7, 11) is 0. The summed E-state index contributed by atoms with van der Waals surface area (Å²) in [5.41, 5.74) is 15.3. The van der Waals surface area contributed by atoms with Gasteiger partial charge < -0.3 is 68.2 Å². The molecule has 19 nitrogen and oxygen atoms in total. The van der Waals surface area contributed by atoms with Crippen LogP contribution in [0.4, 0.5) is 14.4 Å². The van der Waals surface area contributed by atoms with Crippen molar-refractivity contribution in [1.29, 1.82) is 0 Å². The van der Waals surface area contributed by atoms with Crippen LogP contribution in [0.3, 0.4) is 0 Å². The first-order chi connectivity index (χ1) is 23.0. The van der Waals surface area contributed by atoms with Crippen LogP contribution in [0, 0.1) is 0 Å². The van der Waals surface area contributed by atoms with Gasteiger partial charge in [-0.25, -0.2) is 28.8 Å². The van der Waals surface area contributed by atoms with Gasteiger partial charge in [0.15, 0.2) is 23.6 Å². The first-order valence-electron chi connectivity index (χ1n) is 13.6. The van der Waals surface area contributed by atoms with Crippen LogP contribution in [-0.4, -0.2) is 73.6 Å². The summed E-state index contributed by atoms with van der Waals surface area (Å²) in [6, 6.07) is 2.82. The topological polar surface area (TPSA) is 336 Å². The summed E-state index contributed by atoms with van der Waals surface area (Å²) in [4.78, 5) is 68.8. The number of primary amides is 3. The number of phenolic OH excluding ortho intramolecular Hbond substituents is 1. The van der Waals surface area contributed by atoms with E-state index in [1.165, 1.54) is 36.4 Å². The number of ether oxygens (including phenoxy) is 2. The van der Waals surface area contributed by atoms with Crippen molar-refractivity contribution >= 4 is 47.6 Å². The molecule has 0 aromatic heterocycles. The SMILES string of the molecule is NC(=O)N[C@H](C(=O)O)[C@H](O)c1ccc(Oc2cc([C@@H](NC(N)=O)C(=O)O)cc(Oc3ccc(C[C@@H](NC(N)=O)C(=O)O)cc3)c2O)c(Cl)c1. The minimum absolute atomic E-state index is 0.0561. The molecule has 0 heterocycles. The van der Waals surface area contributed by atoms with Gasteiger partial charge in [0.05, 0.1) is 5.02 Å². The molecule has 0 saturated heterocycles. The lowest BCUT2D eigenvalue weighted by Crippen LogP contribution is -2.47. The van der Waals surface area contributed by atoms with Gasteiger partial charge in [-0.3, -0.25) is 0 Å². The zero-order chi connectivity index (χ0) is 36.6. The number of carbonyl (C=O) groups excluding carboxylic acids is 3. The predicted octanol–water partition coefficient (Wildman–Crippen LogP) is 1.24. The number of nitrogens with one attached hydrogen (secondary N) is 3. The molecule has 3 rings (SSSR count). The molecule has 20 heteroatoms. The number of halogens is 1. The summed E-state index contributed by atoms with van der Waals surface area (Å²) < 4.78 is 11.5. The third-order valence-electron chi connectivity index (χ3n) is 6.53. The van der Waals surface area contributed by atoms with Crippen LogP contribution in [0.25, 0.3) is 0 Å². The van der Waals surface area contributed by atoms with E-state index in [9.17, 15) is 54.3 Å². The number of rotatable bonds is 15. The van der Waals surface area contributed by atoms with Crippen molar-refractivity contribution < 1.29 is 63.8 Å². The second-order valence-corrected chi connectivity index (χ2v) is 10.5. The lowest BCUT2D eigenvalue weighted by atomic mass is 10.0. The average Bonchev–Trinajstić information content (AvgIpc) is 3.01. The largest absolute Gasteiger partial charge is 0.502 e. The number of carboxylic acid groups (broad SMARTS) is 3. The molecule has 49 heavy (non-hydrogen) atoms. The molecule has 0 unspecified atom stereocenters. The van der Waals surface area contributed by atoms with Crippen LogP contribution in [-0.2, 0) is 20.8 Å². The molecular weight excluding hydrogens is 676 g/mol. The van der Waals surface area contributed by atoms with Gasteiger partial charge in [0, 0.05) is 6.42 Å². The van der Waals surface area contributed by atoms with Crippen LogP contribution >= 0.6 is 11.6 Å². The van der Waals surface area contributed by atoms with Crippen LogP contribution < -0.4 is 42.6 Å². The Morgan fingerprint density at radius 1 is 0.694 bits per heavy atom. The van der Waals surface area contributed by atoms with Crippen LogP contribution in [0.2, 0.25) is 5.02 Å². The predicted molar refractivity (Wildman–Crippen MR) is 166 cm³/mol. The Morgan fingerprint density at radius 3 is 1.76 bits per heavy atom. The van der Waals surface area contributed by atoms with Crippen molar-refractivity contribution in [1.82, 2.24) is 16.0 Å². The summed E-state index contributed by atoms with van der Waals surface area (Å²) in [6.07, 6.45) is -1.96. The number of carbonyl (C=O) groups is 6. The van der Waals surface area contributed by atoms with E-state index in [0.717, 1.165) is 18.2 Å². The van der Waals surface area contributed by atoms with Gasteiger partial charge in [-0.15, -0.1) is 0 Å². The monoisotopic (exact) mass is 704 g/mol. The number of aliphatic hydroxyl groups excluding tert-OH is 1. The standard InChI is InChI=1S/C29H29ClN6O13/c30-15-8-12(22(37)21(26(43)44)36-29(33)47)3-6-17(15)49-19-10-13(20(25(41)42)35-28(32)46)9-18(23(19)38)48-14-4-1-11(2-5-14)7-16(24(39)40)34-27(31)45/h1-6,8-10,16,20-22,37-38H,7H2,(H,39,40)(H,41,42)(H,43,44)(H3,31,34,45)(H3,32,35,46)(H3,33,36,47)/t16-,20-,21+,22-/m1/s1. The van der Waals surface area contributed by atoms with E-state index >= 15 is 0 Å². The highest BCUT2D eigenvalue weighted by Gasteiger charge is 2.30. The summed E-state index contributed by atoms with van der Waals surface area (Å²) >= 11 is 6.31. The summed E-state index contributed by atoms with van der Waals surface area (Å²) in [5.74, 6) is -6.15. The average molecular weight is 705 g/mol. The molecule has 260 valence electrons. The molecule has 0 aliphatic heterocycles. The molecule has 0 spiro atoms. The molecular formula is C29H29ClN6O13. The van der Waals surface area contributed by atoms with Crippen molar-refractivity contribution in [2.75, 3.05) is 0 Å². The highest BCUT2D eigenvalue weighted by atomic mass is 35.5. The second-order valence-electron chi connectivity index (χ2n) is 10.1. The number of aromatic hydroxyl groups is 1. The molecule has 4 atom stereocenters. The second kappa shape index (κ2) is 15.9. The van der Waals surface area contributed by atoms with Gasteiger partial charge in [0.25, 0.3) is 0 Å². The van der Waals surface area contributed by atoms with Gasteiger partial charge in [-0.1, -0.05) is 29.8 Å². The van der Waals surface area contributed by atoms with Crippen molar-refractivity contribution in [3.05, 3.63) is 76.3 Å². The third-order valence-corrected chi connectivity index (χ3v) is 6.83. The van der Waals surface area contributed by atoms with E-state index in [1.54, 1.807) is 0 Å². The maximum atomic E-state index is 12.0. The zero-order valence-electron chi connectivity index (χ0n) is 24.8. The first kappa shape index (κ1) is 37.0. The van der Waals surface area contributed by atoms with Crippen molar-refractivity contribution in [2.24, 2.45) is 17.2 Å². The fourth-order valence-corrected chi connectivity index (χ4v) is 4.53. The van der Waals surface area contributed by atoms with E-state index in [2.05, 4.69) is 5.32 Å². The molecule has 0 saturated carbocycles. The summed E-state index contributed by atoms with van der Waals surface area (Å²) in [6.45, 7) is 0. The van der Waals surface area contributed by atoms with Gasteiger partial charge in [0.1, 0.15) is 23.6 Å². The number of phenols is 1. The number of nitrogens with two attached hydrogens (primary N) is 3. The molecule has 3 aromatic rings. The highest BCUT2D eigenvalue weighted by Crippen LogP contribution is 2.44. The van der Waals surface area contributed by atoms with Crippen molar-refractivity contribution in [3.63, 3.8) is 0 Å². The quantitative estimate of drug-likeness (QED) is 0.106. The van der Waals surface area contributed by atoms with E-state index in [-0.39, 0.29) is 39.8 Å². The Bertz CT molecular complexity index is 1770. The maximum absolute atomic E-state index is 12.0. The lowest BCUT2D eigenvalue weighted by molar-refractivity contribution is -0.142. The van der Waals surface area contributed by atoms with Crippen LogP contribution in [0.5, 0.6) is 28.7 Å². The van der Waals surface area contributed by atoms with Crippen LogP contribution in [0.15, 0.2) is 54.6 Å². The molecule has 6 amide bonds. The van der Waals surface area contributed by atoms with Gasteiger partial charge in [-0.05, 0) is 53.1 Å². The fourth-order valence-electron chi connectivity index (χ4n) is 4.31. The Labute approximate surface area is 280 Å². The van der Waals surface area contributed by atoms with Gasteiger partial charge in [0.2, 0.25) is 5.75 Å². The maximum Gasteiger partial charge on any atom is 0.330 e. The molecule has 0 bridgehead atoms. The summed E-state index contributed by atoms with van der Waals surface area (Å²) in [5, 5.41) is 55.8. The number of hydrogen-bond donors (Lipinski definition) is 11. The van der Waals surface area contributed by atoms with E-state index in [0.29, 0.717) is 5.56 Å². The van der Waals surface area contributed by atoms with E-state index < -0.39 is 71.7 Å². The van der Waals surface area contributed by atoms with Crippen molar-refractivity contribution in [2.45, 2.75) is 30.7 Å². The Balaban J connectivity index is 2.00. The number of carboxylic acids is 3. The van der Waals surface area contributed by atoms with Crippen molar-refractivity contribution in [3.8, 4) is 28.7 Å². The minimum Gasteiger partial charge on any atom is -0.502 e. The molecule has 0 aliphatic rings. The zero-order valence-corrected chi connectivity index (χ0v) is 25.6. The minimum atomic E-state index is -1.84. The molecule has 0 radical (unpaired) electrons. The van der Waals surface area contributed by atoms with Gasteiger partial charge >= 0.3 is 36.0 Å². The smallest absolute Gasteiger partial charge is 0.330 e. The molecule has 0 aliphatic carbocycles. The Morgan fingerprint density at radius 2 is 1.27 bits per heavy atom.